The topological polar surface area (TPSA) is 32.8 Å². The van der Waals surface area contributed by atoms with Crippen LogP contribution in [0.4, 0.5) is 0 Å². The molecule has 0 spiro atoms. The Balaban J connectivity index is 1.65. The van der Waals surface area contributed by atoms with Gasteiger partial charge in [-0.2, -0.15) is 0 Å². The molecule has 0 aromatic heterocycles. The zero-order valence-corrected chi connectivity index (χ0v) is 17.0. The number of hydrogen-bond acceptors (Lipinski definition) is 4. The van der Waals surface area contributed by atoms with Gasteiger partial charge < -0.3 is 4.74 Å². The molecule has 0 aliphatic carbocycles. The number of esters is 1. The number of hydrogen-bond donors (Lipinski definition) is 0. The van der Waals surface area contributed by atoms with Crippen molar-refractivity contribution in [3.8, 4) is 0 Å². The van der Waals surface area contributed by atoms with Gasteiger partial charge >= 0.3 is 5.97 Å². The lowest BCUT2D eigenvalue weighted by Crippen LogP contribution is -2.47. The van der Waals surface area contributed by atoms with E-state index in [4.69, 9.17) is 16.3 Å². The summed E-state index contributed by atoms with van der Waals surface area (Å²) in [7, 11) is 0. The number of ether oxygens (including phenoxy) is 1. The van der Waals surface area contributed by atoms with Gasteiger partial charge in [-0.05, 0) is 30.2 Å². The maximum atomic E-state index is 11.4. The van der Waals surface area contributed by atoms with Crippen molar-refractivity contribution < 1.29 is 9.53 Å². The molecule has 1 atom stereocenters. The minimum absolute atomic E-state index is 0.218. The average Bonchev–Trinajstić information content (AvgIpc) is 2.72. The molecule has 3 rings (SSSR count). The van der Waals surface area contributed by atoms with E-state index in [0.29, 0.717) is 6.61 Å². The first kappa shape index (κ1) is 20.6. The van der Waals surface area contributed by atoms with E-state index in [-0.39, 0.29) is 12.0 Å². The van der Waals surface area contributed by atoms with Crippen LogP contribution in [0.1, 0.15) is 24.1 Å². The Morgan fingerprint density at radius 2 is 1.68 bits per heavy atom. The van der Waals surface area contributed by atoms with E-state index in [1.807, 2.05) is 25.1 Å². The van der Waals surface area contributed by atoms with Crippen LogP contribution in [0.3, 0.4) is 0 Å². The molecule has 1 saturated heterocycles. The molecule has 1 fully saturated rings. The van der Waals surface area contributed by atoms with Gasteiger partial charge in [0.15, 0.2) is 0 Å². The molecule has 28 heavy (non-hydrogen) atoms. The first-order valence-electron chi connectivity index (χ1n) is 9.77. The van der Waals surface area contributed by atoms with Gasteiger partial charge in [0, 0.05) is 43.8 Å². The monoisotopic (exact) mass is 398 g/mol. The molecule has 1 aliphatic heterocycles. The smallest absolute Gasteiger partial charge is 0.330 e. The van der Waals surface area contributed by atoms with E-state index in [0.717, 1.165) is 37.7 Å². The van der Waals surface area contributed by atoms with Crippen LogP contribution < -0.4 is 0 Å². The van der Waals surface area contributed by atoms with Gasteiger partial charge in [0.25, 0.3) is 0 Å². The fourth-order valence-electron chi connectivity index (χ4n) is 3.59. The quantitative estimate of drug-likeness (QED) is 0.517. The number of nitrogens with zero attached hydrogens (tertiary/aromatic N) is 2. The summed E-state index contributed by atoms with van der Waals surface area (Å²) in [6, 6.07) is 19.0. The van der Waals surface area contributed by atoms with Crippen LogP contribution in [-0.4, -0.2) is 55.1 Å². The molecule has 5 heteroatoms. The third-order valence-electron chi connectivity index (χ3n) is 4.98. The number of carbonyl (C=O) groups excluding carboxylic acids is 1. The van der Waals surface area contributed by atoms with Crippen molar-refractivity contribution in [3.63, 3.8) is 0 Å². The Morgan fingerprint density at radius 3 is 2.32 bits per heavy atom. The molecule has 1 aliphatic rings. The van der Waals surface area contributed by atoms with Gasteiger partial charge in [0.2, 0.25) is 0 Å². The second-order valence-corrected chi connectivity index (χ2v) is 7.29. The molecule has 2 aromatic rings. The number of benzene rings is 2. The lowest BCUT2D eigenvalue weighted by atomic mass is 9.96. The average molecular weight is 399 g/mol. The Kier molecular flexibility index (Phi) is 7.66. The first-order chi connectivity index (χ1) is 13.7. The van der Waals surface area contributed by atoms with E-state index >= 15 is 0 Å². The van der Waals surface area contributed by atoms with Crippen LogP contribution in [0.5, 0.6) is 0 Å². The Hall–Kier alpha value is -2.14. The first-order valence-corrected chi connectivity index (χ1v) is 10.1. The van der Waals surface area contributed by atoms with Crippen molar-refractivity contribution in [3.05, 3.63) is 82.9 Å². The van der Waals surface area contributed by atoms with Crippen molar-refractivity contribution in [1.82, 2.24) is 9.80 Å². The highest BCUT2D eigenvalue weighted by molar-refractivity contribution is 6.30. The number of rotatable bonds is 7. The van der Waals surface area contributed by atoms with Crippen molar-refractivity contribution in [2.45, 2.75) is 13.0 Å². The Labute approximate surface area is 172 Å². The second kappa shape index (κ2) is 10.4. The third kappa shape index (κ3) is 5.68. The van der Waals surface area contributed by atoms with Crippen LogP contribution in [-0.2, 0) is 9.53 Å². The predicted molar refractivity (Wildman–Crippen MR) is 114 cm³/mol. The van der Waals surface area contributed by atoms with Gasteiger partial charge in [-0.1, -0.05) is 60.1 Å². The second-order valence-electron chi connectivity index (χ2n) is 6.86. The molecule has 0 bridgehead atoms. The minimum atomic E-state index is -0.270. The zero-order valence-electron chi connectivity index (χ0n) is 16.3. The van der Waals surface area contributed by atoms with Crippen LogP contribution in [0.25, 0.3) is 0 Å². The fraction of sp³-hybridized carbons (Fsp3) is 0.348. The van der Waals surface area contributed by atoms with Gasteiger partial charge in [-0.25, -0.2) is 4.79 Å². The molecular weight excluding hydrogens is 372 g/mol. The Bertz CT molecular complexity index is 769. The van der Waals surface area contributed by atoms with Crippen LogP contribution in [0.2, 0.25) is 5.02 Å². The molecule has 1 heterocycles. The Morgan fingerprint density at radius 1 is 1.04 bits per heavy atom. The zero-order chi connectivity index (χ0) is 19.8. The van der Waals surface area contributed by atoms with E-state index < -0.39 is 0 Å². The largest absolute Gasteiger partial charge is 0.463 e. The highest BCUT2D eigenvalue weighted by Gasteiger charge is 2.26. The molecule has 0 radical (unpaired) electrons. The molecular formula is C23H27ClN2O2. The molecule has 4 nitrogen and oxygen atoms in total. The standard InChI is InChI=1S/C23H27ClN2O2/c1-2-28-22(27)9-6-14-25-15-17-26(18-16-25)23(19-7-4-3-5-8-19)20-10-12-21(24)13-11-20/h3-13,23H,2,14-18H2,1H3/b9-6+. The van der Waals surface area contributed by atoms with Crippen molar-refractivity contribution in [2.75, 3.05) is 39.3 Å². The number of piperazine rings is 1. The third-order valence-corrected chi connectivity index (χ3v) is 5.23. The maximum Gasteiger partial charge on any atom is 0.330 e. The number of halogens is 1. The van der Waals surface area contributed by atoms with E-state index in [1.165, 1.54) is 17.2 Å². The molecule has 2 aromatic carbocycles. The highest BCUT2D eigenvalue weighted by Crippen LogP contribution is 2.30. The van der Waals surface area contributed by atoms with Gasteiger partial charge in [0.05, 0.1) is 12.6 Å². The van der Waals surface area contributed by atoms with Gasteiger partial charge in [-0.15, -0.1) is 0 Å². The summed E-state index contributed by atoms with van der Waals surface area (Å²) in [6.45, 7) is 6.85. The summed E-state index contributed by atoms with van der Waals surface area (Å²) >= 11 is 6.10. The summed E-state index contributed by atoms with van der Waals surface area (Å²) < 4.78 is 4.92. The predicted octanol–water partition coefficient (Wildman–Crippen LogP) is 4.17. The number of carbonyl (C=O) groups is 1. The molecule has 0 saturated carbocycles. The molecule has 0 amide bonds. The van der Waals surface area contributed by atoms with Gasteiger partial charge in [0.1, 0.15) is 0 Å². The molecule has 1 unspecified atom stereocenters. The van der Waals surface area contributed by atoms with Crippen molar-refractivity contribution >= 4 is 17.6 Å². The lowest BCUT2D eigenvalue weighted by Gasteiger charge is -2.39. The maximum absolute atomic E-state index is 11.4. The summed E-state index contributed by atoms with van der Waals surface area (Å²) in [5.74, 6) is -0.270. The van der Waals surface area contributed by atoms with Crippen LogP contribution in [0, 0.1) is 0 Å². The van der Waals surface area contributed by atoms with E-state index in [2.05, 4.69) is 52.3 Å². The minimum Gasteiger partial charge on any atom is -0.463 e. The molecule has 0 N–H and O–H groups in total. The SMILES string of the molecule is CCOC(=O)/C=C/CN1CCN(C(c2ccccc2)c2ccc(Cl)cc2)CC1. The van der Waals surface area contributed by atoms with E-state index in [9.17, 15) is 4.79 Å². The van der Waals surface area contributed by atoms with Gasteiger partial charge in [-0.3, -0.25) is 9.80 Å². The normalized spacial score (nSPS) is 16.9. The van der Waals surface area contributed by atoms with Crippen LogP contribution >= 0.6 is 11.6 Å². The summed E-state index contributed by atoms with van der Waals surface area (Å²) in [4.78, 5) is 16.3. The lowest BCUT2D eigenvalue weighted by molar-refractivity contribution is -0.137. The van der Waals surface area contributed by atoms with Crippen molar-refractivity contribution in [2.24, 2.45) is 0 Å². The van der Waals surface area contributed by atoms with Crippen molar-refractivity contribution in [1.29, 1.82) is 0 Å². The van der Waals surface area contributed by atoms with E-state index in [1.54, 1.807) is 0 Å². The fourth-order valence-corrected chi connectivity index (χ4v) is 3.71. The summed E-state index contributed by atoms with van der Waals surface area (Å²) in [5.41, 5.74) is 2.55. The summed E-state index contributed by atoms with van der Waals surface area (Å²) in [5, 5.41) is 0.758. The van der Waals surface area contributed by atoms with Crippen LogP contribution in [0.15, 0.2) is 66.7 Å². The highest BCUT2D eigenvalue weighted by atomic mass is 35.5. The summed E-state index contributed by atoms with van der Waals surface area (Å²) in [6.07, 6.45) is 3.41. The molecule has 148 valence electrons.